The van der Waals surface area contributed by atoms with E-state index in [1.165, 1.54) is 6.07 Å². The predicted octanol–water partition coefficient (Wildman–Crippen LogP) is 4.15. The van der Waals surface area contributed by atoms with Gasteiger partial charge in [-0.3, -0.25) is 9.48 Å². The number of anilines is 2. The molecule has 0 atom stereocenters. The second-order valence-corrected chi connectivity index (χ2v) is 8.43. The number of carbonyl (C=O) groups is 1. The van der Waals surface area contributed by atoms with Crippen molar-refractivity contribution in [1.82, 2.24) is 19.7 Å². The zero-order valence-electron chi connectivity index (χ0n) is 16.8. The highest BCUT2D eigenvalue weighted by atomic mass is 35.5. The van der Waals surface area contributed by atoms with Crippen molar-refractivity contribution >= 4 is 40.0 Å². The summed E-state index contributed by atoms with van der Waals surface area (Å²) in [5, 5.41) is 8.70. The lowest BCUT2D eigenvalue weighted by atomic mass is 9.87. The van der Waals surface area contributed by atoms with E-state index in [0.717, 1.165) is 5.39 Å². The van der Waals surface area contributed by atoms with E-state index in [0.29, 0.717) is 33.2 Å². The number of rotatable bonds is 3. The van der Waals surface area contributed by atoms with Gasteiger partial charge in [-0.15, -0.1) is 0 Å². The highest BCUT2D eigenvalue weighted by Crippen LogP contribution is 2.40. The molecule has 0 unspecified atom stereocenters. The Hall–Kier alpha value is -3.52. The van der Waals surface area contributed by atoms with Gasteiger partial charge < -0.3 is 11.1 Å². The quantitative estimate of drug-likeness (QED) is 0.502. The van der Waals surface area contributed by atoms with Gasteiger partial charge in [-0.2, -0.15) is 5.10 Å². The molecule has 4 aromatic rings. The third kappa shape index (κ3) is 3.02. The van der Waals surface area contributed by atoms with Crippen molar-refractivity contribution in [3.8, 4) is 11.5 Å². The topological polar surface area (TPSA) is 98.7 Å². The first-order chi connectivity index (χ1) is 14.8. The molecule has 31 heavy (non-hydrogen) atoms. The molecule has 1 aliphatic heterocycles. The van der Waals surface area contributed by atoms with Gasteiger partial charge in [0.1, 0.15) is 23.1 Å². The highest BCUT2D eigenvalue weighted by molar-refractivity contribution is 6.31. The van der Waals surface area contributed by atoms with Crippen molar-refractivity contribution in [2.75, 3.05) is 11.1 Å². The Balaban J connectivity index is 1.69. The van der Waals surface area contributed by atoms with Crippen LogP contribution < -0.4 is 11.1 Å². The summed E-state index contributed by atoms with van der Waals surface area (Å²) in [6.07, 6.45) is 0. The minimum absolute atomic E-state index is 0.192. The molecule has 0 fully saturated rings. The standard InChI is InChI=1S/C22H18ClFN6O/c1-22(2)16-18(25)26-20(27-19(16)28-21(22)31)17-13-8-7-12(23)9-15(13)30(29-17)10-11-5-3-4-6-14(11)24/h3-9H,10H2,1-2H3,(H3,25,26,27,28,31). The van der Waals surface area contributed by atoms with Crippen LogP contribution in [0.1, 0.15) is 25.0 Å². The van der Waals surface area contributed by atoms with Crippen LogP contribution in [0.25, 0.3) is 22.4 Å². The second-order valence-electron chi connectivity index (χ2n) is 7.99. The number of nitrogens with one attached hydrogen (secondary N) is 1. The largest absolute Gasteiger partial charge is 0.383 e. The monoisotopic (exact) mass is 436 g/mol. The van der Waals surface area contributed by atoms with Gasteiger partial charge in [0.05, 0.1) is 23.0 Å². The summed E-state index contributed by atoms with van der Waals surface area (Å²) in [6, 6.07) is 11.8. The van der Waals surface area contributed by atoms with Crippen molar-refractivity contribution < 1.29 is 9.18 Å². The summed E-state index contributed by atoms with van der Waals surface area (Å²) >= 11 is 6.22. The van der Waals surface area contributed by atoms with Gasteiger partial charge in [-0.05, 0) is 38.1 Å². The van der Waals surface area contributed by atoms with E-state index in [4.69, 9.17) is 17.3 Å². The van der Waals surface area contributed by atoms with Gasteiger partial charge in [0.15, 0.2) is 5.82 Å². The molecular formula is C22H18ClFN6O. The molecule has 7 nitrogen and oxygen atoms in total. The van der Waals surface area contributed by atoms with Crippen LogP contribution in [0.3, 0.4) is 0 Å². The second kappa shape index (κ2) is 6.75. The number of hydrogen-bond donors (Lipinski definition) is 2. The van der Waals surface area contributed by atoms with Crippen LogP contribution in [-0.2, 0) is 16.8 Å². The Kier molecular flexibility index (Phi) is 4.23. The SMILES string of the molecule is CC1(C)C(=O)Nc2nc(-c3nn(Cc4ccccc4F)c4cc(Cl)ccc34)nc(N)c21. The van der Waals surface area contributed by atoms with Crippen LogP contribution in [0.5, 0.6) is 0 Å². The summed E-state index contributed by atoms with van der Waals surface area (Å²) in [4.78, 5) is 21.3. The van der Waals surface area contributed by atoms with Gasteiger partial charge in [0.25, 0.3) is 0 Å². The lowest BCUT2D eigenvalue weighted by Crippen LogP contribution is -2.27. The van der Waals surface area contributed by atoms with Crippen molar-refractivity contribution in [3.63, 3.8) is 0 Å². The molecular weight excluding hydrogens is 419 g/mol. The number of halogens is 2. The van der Waals surface area contributed by atoms with Crippen LogP contribution in [0, 0.1) is 5.82 Å². The molecule has 2 aromatic heterocycles. The van der Waals surface area contributed by atoms with E-state index in [1.807, 2.05) is 6.07 Å². The van der Waals surface area contributed by atoms with Crippen LogP contribution in [0.15, 0.2) is 42.5 Å². The summed E-state index contributed by atoms with van der Waals surface area (Å²) in [7, 11) is 0. The van der Waals surface area contributed by atoms with Gasteiger partial charge in [-0.1, -0.05) is 29.8 Å². The van der Waals surface area contributed by atoms with Gasteiger partial charge >= 0.3 is 0 Å². The number of carbonyl (C=O) groups excluding carboxylic acids is 1. The Morgan fingerprint density at radius 3 is 2.74 bits per heavy atom. The predicted molar refractivity (Wildman–Crippen MR) is 117 cm³/mol. The van der Waals surface area contributed by atoms with Crippen LogP contribution in [-0.4, -0.2) is 25.7 Å². The molecule has 0 aliphatic carbocycles. The summed E-state index contributed by atoms with van der Waals surface area (Å²) in [5.74, 6) is 0.353. The molecule has 0 saturated heterocycles. The number of benzene rings is 2. The molecule has 0 spiro atoms. The van der Waals surface area contributed by atoms with Gasteiger partial charge in [0, 0.05) is 16.0 Å². The maximum absolute atomic E-state index is 14.2. The molecule has 3 N–H and O–H groups in total. The van der Waals surface area contributed by atoms with Crippen molar-refractivity contribution in [1.29, 1.82) is 0 Å². The van der Waals surface area contributed by atoms with E-state index in [1.54, 1.807) is 48.9 Å². The summed E-state index contributed by atoms with van der Waals surface area (Å²) < 4.78 is 15.9. The van der Waals surface area contributed by atoms with Crippen molar-refractivity contribution in [2.24, 2.45) is 0 Å². The fraction of sp³-hybridized carbons (Fsp3) is 0.182. The maximum Gasteiger partial charge on any atom is 0.235 e. The number of hydrogen-bond acceptors (Lipinski definition) is 5. The highest BCUT2D eigenvalue weighted by Gasteiger charge is 2.42. The van der Waals surface area contributed by atoms with Crippen molar-refractivity contribution in [3.05, 3.63) is 64.4 Å². The van der Waals surface area contributed by atoms with Crippen molar-refractivity contribution in [2.45, 2.75) is 25.8 Å². The number of nitrogens with zero attached hydrogens (tertiary/aromatic N) is 4. The average Bonchev–Trinajstić information content (AvgIpc) is 3.17. The number of aromatic nitrogens is 4. The Bertz CT molecular complexity index is 1380. The zero-order valence-corrected chi connectivity index (χ0v) is 17.5. The van der Waals surface area contributed by atoms with Crippen LogP contribution in [0.4, 0.5) is 16.0 Å². The molecule has 5 rings (SSSR count). The normalized spacial score (nSPS) is 14.6. The Morgan fingerprint density at radius 2 is 1.97 bits per heavy atom. The van der Waals surface area contributed by atoms with Crippen LogP contribution in [0.2, 0.25) is 5.02 Å². The molecule has 0 bridgehead atoms. The molecule has 3 heterocycles. The smallest absolute Gasteiger partial charge is 0.235 e. The minimum atomic E-state index is -0.822. The number of amides is 1. The number of fused-ring (bicyclic) bond motifs is 2. The zero-order chi connectivity index (χ0) is 21.9. The first kappa shape index (κ1) is 19.4. The van der Waals surface area contributed by atoms with Crippen LogP contribution >= 0.6 is 11.6 Å². The Morgan fingerprint density at radius 1 is 1.19 bits per heavy atom. The average molecular weight is 437 g/mol. The molecule has 156 valence electrons. The molecule has 0 saturated carbocycles. The van der Waals surface area contributed by atoms with E-state index >= 15 is 0 Å². The van der Waals surface area contributed by atoms with E-state index < -0.39 is 5.41 Å². The van der Waals surface area contributed by atoms with Gasteiger partial charge in [0.2, 0.25) is 5.91 Å². The molecule has 1 aliphatic rings. The minimum Gasteiger partial charge on any atom is -0.383 e. The molecule has 1 amide bonds. The first-order valence-corrected chi connectivity index (χ1v) is 10.0. The maximum atomic E-state index is 14.2. The third-order valence-electron chi connectivity index (χ3n) is 5.57. The fourth-order valence-electron chi connectivity index (χ4n) is 3.89. The fourth-order valence-corrected chi connectivity index (χ4v) is 4.06. The van der Waals surface area contributed by atoms with E-state index in [-0.39, 0.29) is 29.9 Å². The lowest BCUT2D eigenvalue weighted by molar-refractivity contribution is -0.119. The number of nitrogens with two attached hydrogens (primary N) is 1. The molecule has 2 aromatic carbocycles. The first-order valence-electron chi connectivity index (χ1n) is 9.65. The number of nitrogen functional groups attached to an aromatic ring is 1. The summed E-state index contributed by atoms with van der Waals surface area (Å²) in [6.45, 7) is 3.75. The lowest BCUT2D eigenvalue weighted by Gasteiger charge is -2.15. The van der Waals surface area contributed by atoms with Gasteiger partial charge in [-0.25, -0.2) is 14.4 Å². The molecule has 9 heteroatoms. The summed E-state index contributed by atoms with van der Waals surface area (Å²) in [5.41, 5.74) is 7.63. The Labute approximate surface area is 182 Å². The molecule has 0 radical (unpaired) electrons. The third-order valence-corrected chi connectivity index (χ3v) is 5.80. The van der Waals surface area contributed by atoms with E-state index in [9.17, 15) is 9.18 Å². The van der Waals surface area contributed by atoms with E-state index in [2.05, 4.69) is 20.4 Å².